The Morgan fingerprint density at radius 1 is 1.08 bits per heavy atom. The van der Waals surface area contributed by atoms with Crippen LogP contribution in [-0.4, -0.2) is 64.4 Å². The van der Waals surface area contributed by atoms with Crippen molar-refractivity contribution in [2.75, 3.05) is 42.9 Å². The summed E-state index contributed by atoms with van der Waals surface area (Å²) in [6.07, 6.45) is 2.01. The molecule has 0 atom stereocenters. The Morgan fingerprint density at radius 3 is 2.44 bits per heavy atom. The van der Waals surface area contributed by atoms with E-state index >= 15 is 0 Å². The fourth-order valence-corrected chi connectivity index (χ4v) is 4.88. The lowest BCUT2D eigenvalue weighted by Gasteiger charge is -2.36. The zero-order valence-electron chi connectivity index (χ0n) is 21.4. The molecule has 0 radical (unpaired) electrons. The van der Waals surface area contributed by atoms with Crippen LogP contribution in [0.1, 0.15) is 36.6 Å². The first-order chi connectivity index (χ1) is 17.4. The van der Waals surface area contributed by atoms with Crippen molar-refractivity contribution >= 4 is 17.5 Å². The number of likely N-dealkylation sites (N-methyl/N-ethyl adjacent to an activating group) is 1. The quantitative estimate of drug-likeness (QED) is 0.508. The largest absolute Gasteiger partial charge is 0.354 e. The fourth-order valence-electron chi connectivity index (χ4n) is 4.88. The van der Waals surface area contributed by atoms with E-state index in [0.717, 1.165) is 73.9 Å². The van der Waals surface area contributed by atoms with Crippen LogP contribution in [0.5, 0.6) is 0 Å². The Kier molecular flexibility index (Phi) is 6.96. The number of nitrogens with zero attached hydrogens (tertiary/aromatic N) is 5. The molecule has 1 aliphatic heterocycles. The number of hydrogen-bond acceptors (Lipinski definition) is 4. The molecule has 7 nitrogen and oxygen atoms in total. The van der Waals surface area contributed by atoms with Crippen molar-refractivity contribution < 1.29 is 9.18 Å². The summed E-state index contributed by atoms with van der Waals surface area (Å²) >= 11 is 0. The summed E-state index contributed by atoms with van der Waals surface area (Å²) in [5.41, 5.74) is 4.52. The summed E-state index contributed by atoms with van der Waals surface area (Å²) in [7, 11) is 0. The molecule has 3 aromatic rings. The number of rotatable bonds is 7. The van der Waals surface area contributed by atoms with Gasteiger partial charge in [0.25, 0.3) is 0 Å². The van der Waals surface area contributed by atoms with Crippen LogP contribution in [0.15, 0.2) is 48.5 Å². The van der Waals surface area contributed by atoms with Gasteiger partial charge in [-0.3, -0.25) is 0 Å². The summed E-state index contributed by atoms with van der Waals surface area (Å²) in [5, 5.41) is 7.94. The minimum Gasteiger partial charge on any atom is -0.354 e. The second kappa shape index (κ2) is 10.3. The molecule has 5 rings (SSSR count). The number of hydrogen-bond donors (Lipinski definition) is 1. The molecule has 36 heavy (non-hydrogen) atoms. The van der Waals surface area contributed by atoms with E-state index in [9.17, 15) is 9.18 Å². The molecule has 1 N–H and O–H groups in total. The van der Waals surface area contributed by atoms with E-state index < -0.39 is 0 Å². The van der Waals surface area contributed by atoms with E-state index in [0.29, 0.717) is 12.2 Å². The minimum absolute atomic E-state index is 0.0963. The van der Waals surface area contributed by atoms with Gasteiger partial charge >= 0.3 is 6.03 Å². The number of benzene rings is 2. The van der Waals surface area contributed by atoms with Gasteiger partial charge in [-0.05, 0) is 63.6 Å². The van der Waals surface area contributed by atoms with Crippen molar-refractivity contribution in [3.8, 4) is 5.69 Å². The maximum atomic E-state index is 14.2. The molecule has 2 aliphatic rings. The van der Waals surface area contributed by atoms with Gasteiger partial charge in [0.2, 0.25) is 0 Å². The maximum absolute atomic E-state index is 14.2. The summed E-state index contributed by atoms with van der Waals surface area (Å²) in [6, 6.07) is 14.6. The lowest BCUT2D eigenvalue weighted by atomic mass is 10.2. The first-order valence-electron chi connectivity index (χ1n) is 12.9. The standard InChI is InChI=1S/C28H35FN6O/c1-4-32-14-16-33(17-15-32)27-26(21(3)31-35(27)25-7-5-6-22(29)18-25)19-34(24-12-13-24)28(36)30-23-10-8-20(2)9-11-23/h5-11,18,24H,4,12-17,19H2,1-3H3,(H,30,36). The Bertz CT molecular complexity index is 1210. The number of aryl methyl sites for hydroxylation is 2. The molecule has 8 heteroatoms. The number of anilines is 2. The highest BCUT2D eigenvalue weighted by Gasteiger charge is 2.35. The van der Waals surface area contributed by atoms with Crippen molar-refractivity contribution in [1.29, 1.82) is 0 Å². The zero-order chi connectivity index (χ0) is 25.2. The van der Waals surface area contributed by atoms with Gasteiger partial charge in [0.05, 0.1) is 17.9 Å². The molecular formula is C28H35FN6O. The molecule has 2 aromatic carbocycles. The van der Waals surface area contributed by atoms with E-state index in [1.807, 2.05) is 53.8 Å². The third-order valence-corrected chi connectivity index (χ3v) is 7.21. The van der Waals surface area contributed by atoms with Crippen LogP contribution in [-0.2, 0) is 6.54 Å². The number of aromatic nitrogens is 2. The van der Waals surface area contributed by atoms with Crippen LogP contribution >= 0.6 is 0 Å². The summed E-state index contributed by atoms with van der Waals surface area (Å²) in [6.45, 7) is 11.3. The molecule has 1 saturated heterocycles. The Morgan fingerprint density at radius 2 is 1.81 bits per heavy atom. The second-order valence-corrected chi connectivity index (χ2v) is 9.86. The van der Waals surface area contributed by atoms with Crippen LogP contribution < -0.4 is 10.2 Å². The molecule has 0 unspecified atom stereocenters. The number of halogens is 1. The fraction of sp³-hybridized carbons (Fsp3) is 0.429. The van der Waals surface area contributed by atoms with Crippen LogP contribution in [0.25, 0.3) is 5.69 Å². The SMILES string of the molecule is CCN1CCN(c2c(CN(C(=O)Nc3ccc(C)cc3)C3CC3)c(C)nn2-c2cccc(F)c2)CC1. The predicted molar refractivity (Wildman–Crippen MR) is 141 cm³/mol. The van der Waals surface area contributed by atoms with Crippen LogP contribution in [0.4, 0.5) is 20.7 Å². The molecular weight excluding hydrogens is 455 g/mol. The second-order valence-electron chi connectivity index (χ2n) is 9.86. The first-order valence-corrected chi connectivity index (χ1v) is 12.9. The van der Waals surface area contributed by atoms with E-state index in [-0.39, 0.29) is 17.9 Å². The van der Waals surface area contributed by atoms with Gasteiger partial charge in [0.15, 0.2) is 0 Å². The number of piperazine rings is 1. The lowest BCUT2D eigenvalue weighted by molar-refractivity contribution is 0.206. The number of nitrogens with one attached hydrogen (secondary N) is 1. The number of carbonyl (C=O) groups is 1. The number of urea groups is 1. The van der Waals surface area contributed by atoms with Gasteiger partial charge in [-0.25, -0.2) is 13.9 Å². The van der Waals surface area contributed by atoms with Crippen LogP contribution in [0.3, 0.4) is 0 Å². The van der Waals surface area contributed by atoms with Crippen molar-refractivity contribution in [2.45, 2.75) is 46.2 Å². The van der Waals surface area contributed by atoms with Crippen molar-refractivity contribution in [2.24, 2.45) is 0 Å². The third-order valence-electron chi connectivity index (χ3n) is 7.21. The van der Waals surface area contributed by atoms with Gasteiger partial charge in [-0.15, -0.1) is 0 Å². The Labute approximate surface area is 212 Å². The molecule has 1 saturated carbocycles. The Balaban J connectivity index is 1.48. The topological polar surface area (TPSA) is 56.6 Å². The molecule has 1 aliphatic carbocycles. The molecule has 2 fully saturated rings. The van der Waals surface area contributed by atoms with E-state index in [1.54, 1.807) is 6.07 Å². The van der Waals surface area contributed by atoms with E-state index in [4.69, 9.17) is 5.10 Å². The lowest BCUT2D eigenvalue weighted by Crippen LogP contribution is -2.47. The van der Waals surface area contributed by atoms with E-state index in [2.05, 4.69) is 22.0 Å². The van der Waals surface area contributed by atoms with Crippen LogP contribution in [0, 0.1) is 19.7 Å². The van der Waals surface area contributed by atoms with Gasteiger partial charge in [0.1, 0.15) is 11.6 Å². The number of amides is 2. The molecule has 0 spiro atoms. The first kappa shape index (κ1) is 24.3. The average Bonchev–Trinajstić information content (AvgIpc) is 3.67. The van der Waals surface area contributed by atoms with Gasteiger partial charge in [0, 0.05) is 43.5 Å². The normalized spacial score (nSPS) is 16.3. The summed E-state index contributed by atoms with van der Waals surface area (Å²) in [5.74, 6) is 0.670. The van der Waals surface area contributed by atoms with E-state index in [1.165, 1.54) is 12.1 Å². The smallest absolute Gasteiger partial charge is 0.322 e. The highest BCUT2D eigenvalue weighted by atomic mass is 19.1. The monoisotopic (exact) mass is 490 g/mol. The predicted octanol–water partition coefficient (Wildman–Crippen LogP) is 4.97. The highest BCUT2D eigenvalue weighted by molar-refractivity contribution is 5.89. The van der Waals surface area contributed by atoms with Gasteiger partial charge < -0.3 is 20.0 Å². The molecule has 2 amide bonds. The minimum atomic E-state index is -0.291. The molecule has 1 aromatic heterocycles. The highest BCUT2D eigenvalue weighted by Crippen LogP contribution is 2.34. The maximum Gasteiger partial charge on any atom is 0.322 e. The summed E-state index contributed by atoms with van der Waals surface area (Å²) < 4.78 is 16.0. The summed E-state index contributed by atoms with van der Waals surface area (Å²) in [4.78, 5) is 20.1. The molecule has 2 heterocycles. The van der Waals surface area contributed by atoms with Crippen molar-refractivity contribution in [3.05, 3.63) is 71.2 Å². The Hall–Kier alpha value is -3.39. The molecule has 0 bridgehead atoms. The van der Waals surface area contributed by atoms with Crippen molar-refractivity contribution in [3.63, 3.8) is 0 Å². The van der Waals surface area contributed by atoms with Crippen molar-refractivity contribution in [1.82, 2.24) is 19.6 Å². The van der Waals surface area contributed by atoms with Crippen LogP contribution in [0.2, 0.25) is 0 Å². The zero-order valence-corrected chi connectivity index (χ0v) is 21.4. The number of carbonyl (C=O) groups excluding carboxylic acids is 1. The average molecular weight is 491 g/mol. The van der Waals surface area contributed by atoms with Gasteiger partial charge in [-0.2, -0.15) is 5.10 Å². The molecule has 190 valence electrons. The third kappa shape index (κ3) is 5.23. The van der Waals surface area contributed by atoms with Gasteiger partial charge in [-0.1, -0.05) is 30.7 Å².